The average molecular weight is 362 g/mol. The van der Waals surface area contributed by atoms with Gasteiger partial charge in [-0.3, -0.25) is 9.36 Å². The van der Waals surface area contributed by atoms with Gasteiger partial charge in [0, 0.05) is 18.1 Å². The molecular weight excluding hydrogens is 344 g/mol. The average Bonchev–Trinajstić information content (AvgIpc) is 3.13. The smallest absolute Gasteiger partial charge is 0.343 e. The summed E-state index contributed by atoms with van der Waals surface area (Å²) in [6.07, 6.45) is 5.54. The van der Waals surface area contributed by atoms with E-state index in [0.717, 1.165) is 12.1 Å². The molecule has 4 rings (SSSR count). The van der Waals surface area contributed by atoms with Crippen molar-refractivity contribution in [1.29, 1.82) is 0 Å². The van der Waals surface area contributed by atoms with Crippen LogP contribution in [0, 0.1) is 0 Å². The lowest BCUT2D eigenvalue weighted by atomic mass is 10.1. The first-order chi connectivity index (χ1) is 13.1. The summed E-state index contributed by atoms with van der Waals surface area (Å²) >= 11 is 0. The largest absolute Gasteiger partial charge is 0.462 e. The fraction of sp³-hybridized carbons (Fsp3) is 0.200. The number of carbonyl (C=O) groups excluding carboxylic acids is 1. The highest BCUT2D eigenvalue weighted by atomic mass is 16.5. The Hall–Kier alpha value is -3.48. The summed E-state index contributed by atoms with van der Waals surface area (Å²) in [6, 6.07) is 9.65. The molecule has 0 aliphatic heterocycles. The van der Waals surface area contributed by atoms with Crippen LogP contribution in [-0.4, -0.2) is 31.7 Å². The van der Waals surface area contributed by atoms with Gasteiger partial charge in [-0.2, -0.15) is 5.10 Å². The highest BCUT2D eigenvalue weighted by molar-refractivity contribution is 5.96. The summed E-state index contributed by atoms with van der Waals surface area (Å²) in [5.74, 6) is -0.483. The number of nitrogens with zero attached hydrogens (tertiary/aromatic N) is 4. The van der Waals surface area contributed by atoms with Crippen LogP contribution in [0.4, 0.5) is 0 Å². The number of aromatic nitrogens is 4. The number of hydrogen-bond acceptors (Lipinski definition) is 5. The highest BCUT2D eigenvalue weighted by Crippen LogP contribution is 2.17. The van der Waals surface area contributed by atoms with Gasteiger partial charge in [0.2, 0.25) is 0 Å². The van der Waals surface area contributed by atoms with Crippen LogP contribution in [0.3, 0.4) is 0 Å². The second-order valence-corrected chi connectivity index (χ2v) is 6.08. The minimum atomic E-state index is -0.483. The summed E-state index contributed by atoms with van der Waals surface area (Å²) in [4.78, 5) is 29.3. The molecule has 0 amide bonds. The molecule has 0 aliphatic rings. The van der Waals surface area contributed by atoms with Crippen molar-refractivity contribution in [1.82, 2.24) is 19.2 Å². The van der Waals surface area contributed by atoms with Crippen LogP contribution in [0.2, 0.25) is 0 Å². The van der Waals surface area contributed by atoms with E-state index in [1.807, 2.05) is 24.3 Å². The number of hydrogen-bond donors (Lipinski definition) is 0. The maximum absolute atomic E-state index is 13.0. The normalized spacial score (nSPS) is 11.2. The summed E-state index contributed by atoms with van der Waals surface area (Å²) in [5, 5.41) is 4.64. The zero-order valence-corrected chi connectivity index (χ0v) is 15.0. The molecule has 0 fully saturated rings. The van der Waals surface area contributed by atoms with E-state index < -0.39 is 5.97 Å². The molecule has 0 spiro atoms. The quantitative estimate of drug-likeness (QED) is 0.522. The molecule has 0 atom stereocenters. The molecule has 7 heteroatoms. The lowest BCUT2D eigenvalue weighted by Gasteiger charge is -2.09. The number of ether oxygens (including phenoxy) is 1. The molecule has 136 valence electrons. The van der Waals surface area contributed by atoms with Crippen molar-refractivity contribution in [3.05, 3.63) is 70.4 Å². The van der Waals surface area contributed by atoms with E-state index in [-0.39, 0.29) is 17.7 Å². The fourth-order valence-electron chi connectivity index (χ4n) is 3.06. The number of pyridine rings is 1. The Morgan fingerprint density at radius 1 is 1.11 bits per heavy atom. The molecule has 0 N–H and O–H groups in total. The zero-order valence-electron chi connectivity index (χ0n) is 15.0. The fourth-order valence-corrected chi connectivity index (χ4v) is 3.06. The second-order valence-electron chi connectivity index (χ2n) is 6.08. The molecule has 0 saturated heterocycles. The topological polar surface area (TPSA) is 78.5 Å². The number of esters is 1. The standard InChI is InChI=1S/C20H18N4O3/c1-3-13-5-7-14(8-6-13)23-10-9-17-15(19(23)25)11-21-18-16(12-22-24(17)18)20(26)27-4-2/h5-12H,3-4H2,1-2H3. The summed E-state index contributed by atoms with van der Waals surface area (Å²) in [6.45, 7) is 4.09. The molecule has 7 nitrogen and oxygen atoms in total. The number of benzene rings is 1. The summed E-state index contributed by atoms with van der Waals surface area (Å²) in [7, 11) is 0. The van der Waals surface area contributed by atoms with Gasteiger partial charge >= 0.3 is 5.97 Å². The SMILES string of the molecule is CCOC(=O)c1cnn2c1ncc1c(=O)n(-c3ccc(CC)cc3)ccc12. The molecule has 4 aromatic rings. The minimum Gasteiger partial charge on any atom is -0.462 e. The van der Waals surface area contributed by atoms with Crippen molar-refractivity contribution < 1.29 is 9.53 Å². The number of carbonyl (C=O) groups is 1. The molecule has 27 heavy (non-hydrogen) atoms. The molecule has 0 saturated carbocycles. The number of rotatable bonds is 4. The molecule has 3 heterocycles. The van der Waals surface area contributed by atoms with Gasteiger partial charge in [-0.05, 0) is 37.1 Å². The van der Waals surface area contributed by atoms with Crippen LogP contribution < -0.4 is 5.56 Å². The lowest BCUT2D eigenvalue weighted by Crippen LogP contribution is -2.19. The maximum Gasteiger partial charge on any atom is 0.343 e. The van der Waals surface area contributed by atoms with E-state index in [9.17, 15) is 9.59 Å². The molecule has 0 bridgehead atoms. The van der Waals surface area contributed by atoms with E-state index in [2.05, 4.69) is 17.0 Å². The van der Waals surface area contributed by atoms with Crippen LogP contribution in [0.15, 0.2) is 53.7 Å². The summed E-state index contributed by atoms with van der Waals surface area (Å²) in [5.41, 5.74) is 3.02. The Bertz CT molecular complexity index is 1210. The van der Waals surface area contributed by atoms with Gasteiger partial charge in [0.15, 0.2) is 5.65 Å². The predicted octanol–water partition coefficient (Wildman–Crippen LogP) is 2.77. The Labute approximate surface area is 154 Å². The van der Waals surface area contributed by atoms with Crippen LogP contribution in [-0.2, 0) is 11.2 Å². The van der Waals surface area contributed by atoms with Gasteiger partial charge in [0.05, 0.1) is 23.7 Å². The predicted molar refractivity (Wildman–Crippen MR) is 101 cm³/mol. The van der Waals surface area contributed by atoms with E-state index in [1.165, 1.54) is 22.5 Å². The monoisotopic (exact) mass is 362 g/mol. The summed E-state index contributed by atoms with van der Waals surface area (Å²) < 4.78 is 8.10. The molecular formula is C20H18N4O3. The van der Waals surface area contributed by atoms with Gasteiger partial charge < -0.3 is 4.74 Å². The Morgan fingerprint density at radius 3 is 2.59 bits per heavy atom. The zero-order chi connectivity index (χ0) is 19.0. The van der Waals surface area contributed by atoms with E-state index >= 15 is 0 Å². The van der Waals surface area contributed by atoms with Crippen LogP contribution >= 0.6 is 0 Å². The molecule has 1 aromatic carbocycles. The van der Waals surface area contributed by atoms with E-state index in [1.54, 1.807) is 23.8 Å². The van der Waals surface area contributed by atoms with Gasteiger partial charge in [-0.1, -0.05) is 19.1 Å². The first-order valence-electron chi connectivity index (χ1n) is 8.78. The maximum atomic E-state index is 13.0. The van der Waals surface area contributed by atoms with Gasteiger partial charge in [0.1, 0.15) is 5.56 Å². The minimum absolute atomic E-state index is 0.195. The van der Waals surface area contributed by atoms with Crippen molar-refractivity contribution in [2.24, 2.45) is 0 Å². The van der Waals surface area contributed by atoms with Gasteiger partial charge in [0.25, 0.3) is 5.56 Å². The molecule has 0 radical (unpaired) electrons. The third kappa shape index (κ3) is 2.77. The first-order valence-corrected chi connectivity index (χ1v) is 8.78. The van der Waals surface area contributed by atoms with Crippen LogP contribution in [0.5, 0.6) is 0 Å². The van der Waals surface area contributed by atoms with Crippen molar-refractivity contribution in [2.75, 3.05) is 6.61 Å². The van der Waals surface area contributed by atoms with Crippen LogP contribution in [0.1, 0.15) is 29.8 Å². The lowest BCUT2D eigenvalue weighted by molar-refractivity contribution is 0.0528. The number of aryl methyl sites for hydroxylation is 1. The highest BCUT2D eigenvalue weighted by Gasteiger charge is 2.17. The van der Waals surface area contributed by atoms with Crippen molar-refractivity contribution >= 4 is 22.5 Å². The first kappa shape index (κ1) is 17.0. The second kappa shape index (κ2) is 6.68. The molecule has 0 unspecified atom stereocenters. The number of fused-ring (bicyclic) bond motifs is 3. The molecule has 3 aromatic heterocycles. The Kier molecular flexibility index (Phi) is 4.19. The van der Waals surface area contributed by atoms with E-state index in [4.69, 9.17) is 4.74 Å². The van der Waals surface area contributed by atoms with Crippen molar-refractivity contribution in [2.45, 2.75) is 20.3 Å². The third-order valence-corrected chi connectivity index (χ3v) is 4.51. The third-order valence-electron chi connectivity index (χ3n) is 4.51. The van der Waals surface area contributed by atoms with Gasteiger partial charge in [-0.15, -0.1) is 0 Å². The van der Waals surface area contributed by atoms with Gasteiger partial charge in [-0.25, -0.2) is 14.3 Å². The Balaban J connectivity index is 1.87. The van der Waals surface area contributed by atoms with E-state index in [0.29, 0.717) is 16.6 Å². The van der Waals surface area contributed by atoms with Crippen molar-refractivity contribution in [3.63, 3.8) is 0 Å². The van der Waals surface area contributed by atoms with Crippen LogP contribution in [0.25, 0.3) is 22.2 Å². The Morgan fingerprint density at radius 2 is 1.89 bits per heavy atom. The van der Waals surface area contributed by atoms with Crippen molar-refractivity contribution in [3.8, 4) is 5.69 Å². The molecule has 0 aliphatic carbocycles.